The van der Waals surface area contributed by atoms with Gasteiger partial charge in [-0.25, -0.2) is 0 Å². The maximum atomic E-state index is 2.46. The molecule has 2 heterocycles. The van der Waals surface area contributed by atoms with E-state index >= 15 is 0 Å². The molecule has 0 saturated heterocycles. The van der Waals surface area contributed by atoms with E-state index < -0.39 is 5.41 Å². The molecule has 0 radical (unpaired) electrons. The van der Waals surface area contributed by atoms with Gasteiger partial charge in [0.05, 0.1) is 27.5 Å². The van der Waals surface area contributed by atoms with Crippen LogP contribution >= 0.6 is 0 Å². The zero-order chi connectivity index (χ0) is 33.8. The minimum Gasteiger partial charge on any atom is -0.309 e. The van der Waals surface area contributed by atoms with E-state index in [1.807, 2.05) is 0 Å². The van der Waals surface area contributed by atoms with Gasteiger partial charge in [0.1, 0.15) is 0 Å². The number of hydrogen-bond acceptors (Lipinski definition) is 0. The van der Waals surface area contributed by atoms with E-state index in [-0.39, 0.29) is 0 Å². The average Bonchev–Trinajstić information content (AvgIpc) is 3.73. The summed E-state index contributed by atoms with van der Waals surface area (Å²) in [5, 5.41) is 5.02. The Morgan fingerprint density at radius 2 is 0.765 bits per heavy atom. The van der Waals surface area contributed by atoms with Crippen LogP contribution in [0.4, 0.5) is 0 Å². The highest BCUT2D eigenvalue weighted by Crippen LogP contribution is 2.47. The second-order valence-corrected chi connectivity index (χ2v) is 13.3. The highest BCUT2D eigenvalue weighted by molar-refractivity contribution is 6.26. The molecule has 0 aliphatic heterocycles. The molecule has 2 aromatic heterocycles. The summed E-state index contributed by atoms with van der Waals surface area (Å²) in [5.41, 5.74) is 11.5. The van der Waals surface area contributed by atoms with Crippen molar-refractivity contribution in [1.82, 2.24) is 9.13 Å². The third-order valence-corrected chi connectivity index (χ3v) is 10.6. The lowest BCUT2D eigenvalue weighted by Gasteiger charge is -2.37. The van der Waals surface area contributed by atoms with Crippen LogP contribution in [0.25, 0.3) is 55.0 Å². The summed E-state index contributed by atoms with van der Waals surface area (Å²) < 4.78 is 4.91. The second kappa shape index (κ2) is 11.8. The van der Waals surface area contributed by atoms with Crippen LogP contribution in [-0.4, -0.2) is 9.13 Å². The number of fused-ring (bicyclic) bond motifs is 7. The van der Waals surface area contributed by atoms with E-state index in [2.05, 4.69) is 215 Å². The third-order valence-electron chi connectivity index (χ3n) is 10.6. The van der Waals surface area contributed by atoms with Crippen molar-refractivity contribution in [3.63, 3.8) is 0 Å². The van der Waals surface area contributed by atoms with Crippen LogP contribution in [-0.2, 0) is 5.41 Å². The SMILES string of the molecule is c1ccc(-n2c3ccccc3c3ccc4c(c5ccccc5n4-c4cccc(C(c5ccccc5)(c5ccccc5)c5ccccc5)c4)c32)cc1. The summed E-state index contributed by atoms with van der Waals surface area (Å²) in [5.74, 6) is 0. The number of rotatable bonds is 6. The Labute approximate surface area is 297 Å². The predicted octanol–water partition coefficient (Wildman–Crippen LogP) is 12.3. The number of para-hydroxylation sites is 3. The van der Waals surface area contributed by atoms with Crippen LogP contribution in [0.1, 0.15) is 22.3 Å². The smallest absolute Gasteiger partial charge is 0.0702 e. The minimum atomic E-state index is -0.536. The summed E-state index contributed by atoms with van der Waals surface area (Å²) in [4.78, 5) is 0. The molecule has 0 aliphatic carbocycles. The van der Waals surface area contributed by atoms with Crippen molar-refractivity contribution in [3.05, 3.63) is 229 Å². The van der Waals surface area contributed by atoms with Gasteiger partial charge in [-0.3, -0.25) is 0 Å². The van der Waals surface area contributed by atoms with Crippen molar-refractivity contribution in [3.8, 4) is 11.4 Å². The lowest BCUT2D eigenvalue weighted by atomic mass is 9.65. The van der Waals surface area contributed by atoms with Gasteiger partial charge in [-0.05, 0) is 64.7 Å². The van der Waals surface area contributed by atoms with Gasteiger partial charge in [-0.15, -0.1) is 0 Å². The molecule has 2 nitrogen and oxygen atoms in total. The molecule has 0 amide bonds. The molecule has 0 aliphatic rings. The third kappa shape index (κ3) is 4.36. The number of hydrogen-bond donors (Lipinski definition) is 0. The number of benzene rings is 8. The van der Waals surface area contributed by atoms with Crippen molar-refractivity contribution >= 4 is 43.6 Å². The van der Waals surface area contributed by atoms with Crippen molar-refractivity contribution in [2.45, 2.75) is 5.41 Å². The van der Waals surface area contributed by atoms with Gasteiger partial charge in [0.15, 0.2) is 0 Å². The molecule has 0 saturated carbocycles. The lowest BCUT2D eigenvalue weighted by molar-refractivity contribution is 0.744. The molecule has 10 rings (SSSR count). The Balaban J connectivity index is 1.31. The molecule has 51 heavy (non-hydrogen) atoms. The van der Waals surface area contributed by atoms with Crippen LogP contribution in [0.3, 0.4) is 0 Å². The van der Waals surface area contributed by atoms with Gasteiger partial charge in [-0.1, -0.05) is 164 Å². The van der Waals surface area contributed by atoms with E-state index in [1.54, 1.807) is 0 Å². The molecule has 0 unspecified atom stereocenters. The molecule has 240 valence electrons. The topological polar surface area (TPSA) is 9.86 Å². The van der Waals surface area contributed by atoms with Gasteiger partial charge >= 0.3 is 0 Å². The zero-order valence-electron chi connectivity index (χ0n) is 28.0. The molecule has 0 atom stereocenters. The Bertz CT molecular complexity index is 2730. The number of nitrogens with zero attached hydrogens (tertiary/aromatic N) is 2. The maximum absolute atomic E-state index is 2.46. The van der Waals surface area contributed by atoms with Gasteiger partial charge < -0.3 is 9.13 Å². The first kappa shape index (κ1) is 29.3. The first-order chi connectivity index (χ1) is 25.3. The normalized spacial score (nSPS) is 11.9. The molecule has 0 fully saturated rings. The molecule has 8 aromatic carbocycles. The molecule has 0 bridgehead atoms. The maximum Gasteiger partial charge on any atom is 0.0702 e. The molecular weight excluding hydrogens is 617 g/mol. The Morgan fingerprint density at radius 3 is 1.37 bits per heavy atom. The Hall–Kier alpha value is -6.64. The van der Waals surface area contributed by atoms with E-state index in [1.165, 1.54) is 65.9 Å². The minimum absolute atomic E-state index is 0.536. The van der Waals surface area contributed by atoms with Crippen molar-refractivity contribution in [2.24, 2.45) is 0 Å². The number of aromatic nitrogens is 2. The van der Waals surface area contributed by atoms with Crippen LogP contribution < -0.4 is 0 Å². The van der Waals surface area contributed by atoms with Gasteiger partial charge in [0.25, 0.3) is 0 Å². The molecular formula is C49H34N2. The molecule has 2 heteroatoms. The molecule has 10 aromatic rings. The summed E-state index contributed by atoms with van der Waals surface area (Å²) in [6, 6.07) is 75.2. The fourth-order valence-corrected chi connectivity index (χ4v) is 8.57. The highest BCUT2D eigenvalue weighted by atomic mass is 15.0. The summed E-state index contributed by atoms with van der Waals surface area (Å²) >= 11 is 0. The summed E-state index contributed by atoms with van der Waals surface area (Å²) in [7, 11) is 0. The lowest BCUT2D eigenvalue weighted by Crippen LogP contribution is -2.31. The first-order valence-corrected chi connectivity index (χ1v) is 17.6. The van der Waals surface area contributed by atoms with Gasteiger partial charge in [0.2, 0.25) is 0 Å². The van der Waals surface area contributed by atoms with E-state index in [0.29, 0.717) is 0 Å². The Kier molecular flexibility index (Phi) is 6.75. The van der Waals surface area contributed by atoms with Crippen LogP contribution in [0.15, 0.2) is 206 Å². The van der Waals surface area contributed by atoms with Crippen LogP contribution in [0, 0.1) is 0 Å². The van der Waals surface area contributed by atoms with Crippen LogP contribution in [0.5, 0.6) is 0 Å². The Morgan fingerprint density at radius 1 is 0.294 bits per heavy atom. The predicted molar refractivity (Wildman–Crippen MR) is 213 cm³/mol. The fraction of sp³-hybridized carbons (Fsp3) is 0.0204. The van der Waals surface area contributed by atoms with Crippen molar-refractivity contribution < 1.29 is 0 Å². The summed E-state index contributed by atoms with van der Waals surface area (Å²) in [6.45, 7) is 0. The zero-order valence-corrected chi connectivity index (χ0v) is 28.0. The highest BCUT2D eigenvalue weighted by Gasteiger charge is 2.38. The van der Waals surface area contributed by atoms with E-state index in [4.69, 9.17) is 0 Å². The second-order valence-electron chi connectivity index (χ2n) is 13.3. The molecule has 0 N–H and O–H groups in total. The van der Waals surface area contributed by atoms with E-state index in [0.717, 1.165) is 11.4 Å². The first-order valence-electron chi connectivity index (χ1n) is 17.6. The van der Waals surface area contributed by atoms with Gasteiger partial charge in [-0.2, -0.15) is 0 Å². The standard InChI is InChI=1S/C49H34N2/c1-5-18-35(19-6-1)49(36-20-7-2-8-21-36,37-22-9-3-10-23-37)38-24-17-27-40(34-38)50-45-31-16-14-29-43(45)47-46(50)33-32-42-41-28-13-15-30-44(41)51(48(42)47)39-25-11-4-12-26-39/h1-34H. The van der Waals surface area contributed by atoms with E-state index in [9.17, 15) is 0 Å². The van der Waals surface area contributed by atoms with Crippen molar-refractivity contribution in [1.29, 1.82) is 0 Å². The summed E-state index contributed by atoms with van der Waals surface area (Å²) in [6.07, 6.45) is 0. The molecule has 0 spiro atoms. The quantitative estimate of drug-likeness (QED) is 0.159. The average molecular weight is 651 g/mol. The monoisotopic (exact) mass is 650 g/mol. The van der Waals surface area contributed by atoms with Gasteiger partial charge in [0, 0.05) is 32.9 Å². The fourth-order valence-electron chi connectivity index (χ4n) is 8.57. The largest absolute Gasteiger partial charge is 0.309 e. The van der Waals surface area contributed by atoms with Crippen LogP contribution in [0.2, 0.25) is 0 Å². The van der Waals surface area contributed by atoms with Crippen molar-refractivity contribution in [2.75, 3.05) is 0 Å².